The lowest BCUT2D eigenvalue weighted by molar-refractivity contribution is -0.00501. The second-order valence-corrected chi connectivity index (χ2v) is 6.32. The Bertz CT molecular complexity index is 437. The Kier molecular flexibility index (Phi) is 2.99. The molecule has 1 atom stereocenters. The molecule has 17 heavy (non-hydrogen) atoms. The van der Waals surface area contributed by atoms with E-state index in [-0.39, 0.29) is 16.7 Å². The molecule has 1 saturated heterocycles. The van der Waals surface area contributed by atoms with Crippen molar-refractivity contribution in [3.63, 3.8) is 0 Å². The molecule has 2 heterocycles. The zero-order chi connectivity index (χ0) is 12.7. The Hall–Kier alpha value is -0.940. The van der Waals surface area contributed by atoms with Gasteiger partial charge < -0.3 is 14.6 Å². The molecule has 4 nitrogen and oxygen atoms in total. The third-order valence-electron chi connectivity index (χ3n) is 2.92. The molecule has 1 unspecified atom stereocenters. The summed E-state index contributed by atoms with van der Waals surface area (Å²) in [5, 5.41) is 19.7. The van der Waals surface area contributed by atoms with Crippen molar-refractivity contribution in [2.24, 2.45) is 5.41 Å². The van der Waals surface area contributed by atoms with Crippen LogP contribution < -0.4 is 0 Å². The van der Waals surface area contributed by atoms with E-state index in [2.05, 4.69) is 13.8 Å². The van der Waals surface area contributed by atoms with Crippen LogP contribution in [0.1, 0.15) is 36.4 Å². The molecule has 94 valence electrons. The van der Waals surface area contributed by atoms with Gasteiger partial charge in [-0.2, -0.15) is 11.8 Å². The molecule has 5 heteroatoms. The van der Waals surface area contributed by atoms with Crippen molar-refractivity contribution in [3.05, 3.63) is 23.7 Å². The molecule has 0 amide bonds. The minimum atomic E-state index is -1.18. The maximum absolute atomic E-state index is 11.1. The highest BCUT2D eigenvalue weighted by atomic mass is 32.2. The number of hydrogen-bond donors (Lipinski definition) is 2. The fourth-order valence-corrected chi connectivity index (χ4v) is 3.70. The van der Waals surface area contributed by atoms with Gasteiger partial charge in [-0.25, -0.2) is 4.79 Å². The number of aliphatic hydroxyl groups is 1. The molecule has 0 radical (unpaired) electrons. The molecule has 2 rings (SSSR count). The van der Waals surface area contributed by atoms with Crippen LogP contribution in [0.2, 0.25) is 0 Å². The quantitative estimate of drug-likeness (QED) is 0.849. The molecule has 0 aliphatic carbocycles. The Morgan fingerprint density at radius 1 is 1.47 bits per heavy atom. The van der Waals surface area contributed by atoms with Crippen LogP contribution in [0.5, 0.6) is 0 Å². The van der Waals surface area contributed by atoms with Crippen LogP contribution >= 0.6 is 11.8 Å². The molecule has 1 aromatic rings. The fraction of sp³-hybridized carbons (Fsp3) is 0.583. The van der Waals surface area contributed by atoms with E-state index in [1.54, 1.807) is 11.8 Å². The first-order valence-electron chi connectivity index (χ1n) is 5.45. The van der Waals surface area contributed by atoms with Gasteiger partial charge in [0, 0.05) is 5.75 Å². The number of carbonyl (C=O) groups is 1. The van der Waals surface area contributed by atoms with E-state index in [4.69, 9.17) is 9.52 Å². The summed E-state index contributed by atoms with van der Waals surface area (Å²) >= 11 is 1.62. The van der Waals surface area contributed by atoms with Crippen molar-refractivity contribution in [1.29, 1.82) is 0 Å². The van der Waals surface area contributed by atoms with Gasteiger partial charge in [-0.3, -0.25) is 0 Å². The van der Waals surface area contributed by atoms with Crippen LogP contribution in [-0.2, 0) is 5.60 Å². The second-order valence-electron chi connectivity index (χ2n) is 5.33. The molecule has 0 aromatic carbocycles. The summed E-state index contributed by atoms with van der Waals surface area (Å²) in [6, 6.07) is 1.39. The highest BCUT2D eigenvalue weighted by Gasteiger charge is 2.44. The van der Waals surface area contributed by atoms with Crippen molar-refractivity contribution in [1.82, 2.24) is 0 Å². The highest BCUT2D eigenvalue weighted by molar-refractivity contribution is 7.99. The van der Waals surface area contributed by atoms with Gasteiger partial charge in [-0.15, -0.1) is 0 Å². The number of carboxylic acids is 1. The van der Waals surface area contributed by atoms with E-state index in [1.807, 2.05) is 0 Å². The van der Waals surface area contributed by atoms with E-state index in [9.17, 15) is 9.90 Å². The lowest BCUT2D eigenvalue weighted by atomic mass is 9.80. The maximum Gasteiger partial charge on any atom is 0.339 e. The van der Waals surface area contributed by atoms with Crippen molar-refractivity contribution in [2.45, 2.75) is 25.9 Å². The lowest BCUT2D eigenvalue weighted by Gasteiger charge is -2.40. The molecular formula is C12H16O4S. The average molecular weight is 256 g/mol. The summed E-state index contributed by atoms with van der Waals surface area (Å²) < 4.78 is 5.22. The lowest BCUT2D eigenvalue weighted by Crippen LogP contribution is -2.40. The predicted molar refractivity (Wildman–Crippen MR) is 65.3 cm³/mol. The van der Waals surface area contributed by atoms with Crippen molar-refractivity contribution in [3.8, 4) is 0 Å². The third kappa shape index (κ3) is 2.35. The smallest absolute Gasteiger partial charge is 0.339 e. The monoisotopic (exact) mass is 256 g/mol. The summed E-state index contributed by atoms with van der Waals surface area (Å²) in [5.41, 5.74) is -1.14. The van der Waals surface area contributed by atoms with Crippen molar-refractivity contribution >= 4 is 17.7 Å². The molecule has 1 aromatic heterocycles. The van der Waals surface area contributed by atoms with E-state index in [0.29, 0.717) is 12.2 Å². The summed E-state index contributed by atoms with van der Waals surface area (Å²) in [6.07, 6.45) is 1.84. The van der Waals surface area contributed by atoms with Gasteiger partial charge in [0.05, 0.1) is 6.26 Å². The summed E-state index contributed by atoms with van der Waals surface area (Å²) in [4.78, 5) is 11.1. The Morgan fingerprint density at radius 2 is 2.18 bits per heavy atom. The minimum absolute atomic E-state index is 0.0275. The molecule has 1 aliphatic rings. The van der Waals surface area contributed by atoms with E-state index in [1.165, 1.54) is 12.3 Å². The summed E-state index contributed by atoms with van der Waals surface area (Å²) in [6.45, 7) is 4.13. The molecule has 0 spiro atoms. The Labute approximate surface area is 104 Å². The first-order valence-corrected chi connectivity index (χ1v) is 6.61. The van der Waals surface area contributed by atoms with Crippen LogP contribution in [0.15, 0.2) is 16.7 Å². The molecule has 0 bridgehead atoms. The van der Waals surface area contributed by atoms with Crippen molar-refractivity contribution in [2.75, 3.05) is 11.5 Å². The van der Waals surface area contributed by atoms with Crippen LogP contribution in [0, 0.1) is 5.41 Å². The van der Waals surface area contributed by atoms with Crippen LogP contribution in [0.3, 0.4) is 0 Å². The SMILES string of the molecule is CC1(C)CSCC(O)(c2occc2C(=O)O)C1. The van der Waals surface area contributed by atoms with Gasteiger partial charge in [-0.05, 0) is 23.7 Å². The zero-order valence-corrected chi connectivity index (χ0v) is 10.7. The number of carboxylic acid groups (broad SMARTS) is 1. The summed E-state index contributed by atoms with van der Waals surface area (Å²) in [7, 11) is 0. The highest BCUT2D eigenvalue weighted by Crippen LogP contribution is 2.45. The van der Waals surface area contributed by atoms with Gasteiger partial charge in [0.25, 0.3) is 0 Å². The molecule has 1 aliphatic heterocycles. The van der Waals surface area contributed by atoms with Gasteiger partial charge in [0.15, 0.2) is 5.76 Å². The molecule has 2 N–H and O–H groups in total. The number of rotatable bonds is 2. The summed E-state index contributed by atoms with van der Waals surface area (Å²) in [5.74, 6) is 0.559. The minimum Gasteiger partial charge on any atom is -0.478 e. The number of hydrogen-bond acceptors (Lipinski definition) is 4. The predicted octanol–water partition coefficient (Wildman–Crippen LogP) is 2.33. The largest absolute Gasteiger partial charge is 0.478 e. The average Bonchev–Trinajstić information content (AvgIpc) is 2.63. The van der Waals surface area contributed by atoms with Crippen LogP contribution in [0.4, 0.5) is 0 Å². The number of thioether (sulfide) groups is 1. The first-order chi connectivity index (χ1) is 7.84. The van der Waals surface area contributed by atoms with E-state index in [0.717, 1.165) is 5.75 Å². The Morgan fingerprint density at radius 3 is 2.76 bits per heavy atom. The van der Waals surface area contributed by atoms with E-state index >= 15 is 0 Å². The van der Waals surface area contributed by atoms with Gasteiger partial charge >= 0.3 is 5.97 Å². The fourth-order valence-electron chi connectivity index (χ4n) is 2.37. The van der Waals surface area contributed by atoms with Crippen LogP contribution in [-0.4, -0.2) is 27.7 Å². The van der Waals surface area contributed by atoms with Crippen molar-refractivity contribution < 1.29 is 19.4 Å². The molecule has 1 fully saturated rings. The number of furan rings is 1. The second kappa shape index (κ2) is 4.07. The van der Waals surface area contributed by atoms with Crippen LogP contribution in [0.25, 0.3) is 0 Å². The standard InChI is InChI=1S/C12H16O4S/c1-11(2)5-12(15,7-17-6-11)9-8(10(13)14)3-4-16-9/h3-4,15H,5-7H2,1-2H3,(H,13,14). The number of aromatic carboxylic acids is 1. The normalized spacial score (nSPS) is 27.9. The van der Waals surface area contributed by atoms with Gasteiger partial charge in [0.2, 0.25) is 0 Å². The van der Waals surface area contributed by atoms with E-state index < -0.39 is 11.6 Å². The Balaban J connectivity index is 2.37. The molecule has 0 saturated carbocycles. The zero-order valence-electron chi connectivity index (χ0n) is 9.90. The maximum atomic E-state index is 11.1. The molecular weight excluding hydrogens is 240 g/mol. The first kappa shape index (κ1) is 12.5. The van der Waals surface area contributed by atoms with Gasteiger partial charge in [-0.1, -0.05) is 13.8 Å². The topological polar surface area (TPSA) is 70.7 Å². The van der Waals surface area contributed by atoms with Gasteiger partial charge in [0.1, 0.15) is 11.2 Å². The third-order valence-corrected chi connectivity index (χ3v) is 4.59.